The van der Waals surface area contributed by atoms with Crippen LogP contribution in [0.15, 0.2) is 84.5 Å². The van der Waals surface area contributed by atoms with Crippen LogP contribution in [0, 0.1) is 45.3 Å². The number of aromatic nitrogens is 2. The molecule has 0 spiro atoms. The third kappa shape index (κ3) is 3.53. The first-order chi connectivity index (χ1) is 15.7. The van der Waals surface area contributed by atoms with Crippen LogP contribution in [0.5, 0.6) is 0 Å². The summed E-state index contributed by atoms with van der Waals surface area (Å²) in [5, 5.41) is 39.4. The Balaban J connectivity index is 2.07. The molecule has 0 bridgehead atoms. The topological polar surface area (TPSA) is 121 Å². The smallest absolute Gasteiger partial charge is 0.136 e. The van der Waals surface area contributed by atoms with Crippen molar-refractivity contribution in [2.45, 2.75) is 0 Å². The Bertz CT molecular complexity index is 1470. The summed E-state index contributed by atoms with van der Waals surface area (Å²) >= 11 is 0. The number of hydrogen-bond donors (Lipinski definition) is 0. The molecule has 1 aliphatic carbocycles. The third-order valence-electron chi connectivity index (χ3n) is 5.03. The maximum absolute atomic E-state index is 9.95. The highest BCUT2D eigenvalue weighted by atomic mass is 14.6. The second-order valence-corrected chi connectivity index (χ2v) is 6.75. The van der Waals surface area contributed by atoms with Gasteiger partial charge in [-0.1, -0.05) is 24.3 Å². The molecule has 32 heavy (non-hydrogen) atoms. The first kappa shape index (κ1) is 20.0. The maximum Gasteiger partial charge on any atom is 0.136 e. The Hall–Kier alpha value is -5.30. The summed E-state index contributed by atoms with van der Waals surface area (Å²) in [4.78, 5) is 8.03. The molecule has 146 valence electrons. The van der Waals surface area contributed by atoms with E-state index in [1.165, 1.54) is 0 Å². The fourth-order valence-electron chi connectivity index (χ4n) is 3.50. The highest BCUT2D eigenvalue weighted by Gasteiger charge is 2.38. The van der Waals surface area contributed by atoms with Gasteiger partial charge >= 0.3 is 0 Å². The van der Waals surface area contributed by atoms with Crippen LogP contribution >= 0.6 is 0 Å². The molecule has 1 fully saturated rings. The summed E-state index contributed by atoms with van der Waals surface area (Å²) in [5.74, 6) is 0. The molecule has 1 aliphatic rings. The number of nitriles is 4. The molecule has 2 aromatic heterocycles. The van der Waals surface area contributed by atoms with Crippen molar-refractivity contribution in [2.24, 2.45) is 0 Å². The Morgan fingerprint density at radius 2 is 1.00 bits per heavy atom. The number of benzene rings is 1. The molecule has 0 aliphatic heterocycles. The largest absolute Gasteiger partial charge is 0.265 e. The van der Waals surface area contributed by atoms with Gasteiger partial charge in [0.25, 0.3) is 0 Å². The molecule has 1 aromatic carbocycles. The lowest BCUT2D eigenvalue weighted by atomic mass is 10.1. The van der Waals surface area contributed by atoms with Crippen molar-refractivity contribution in [3.63, 3.8) is 0 Å². The Kier molecular flexibility index (Phi) is 5.37. The average molecular weight is 408 g/mol. The number of pyridine rings is 2. The van der Waals surface area contributed by atoms with E-state index in [4.69, 9.17) is 10.5 Å². The molecule has 0 saturated heterocycles. The highest BCUT2D eigenvalue weighted by molar-refractivity contribution is 6.21. The Morgan fingerprint density at radius 1 is 0.562 bits per heavy atom. The third-order valence-corrected chi connectivity index (χ3v) is 5.03. The van der Waals surface area contributed by atoms with Crippen LogP contribution < -0.4 is 10.4 Å². The molecule has 6 heteroatoms. The normalized spacial score (nSPS) is 14.8. The first-order valence-electron chi connectivity index (χ1n) is 9.49. The van der Waals surface area contributed by atoms with Crippen molar-refractivity contribution >= 4 is 22.3 Å². The summed E-state index contributed by atoms with van der Waals surface area (Å²) in [6.45, 7) is 0. The Labute approximate surface area is 183 Å². The van der Waals surface area contributed by atoms with Gasteiger partial charge in [0.1, 0.15) is 29.8 Å². The van der Waals surface area contributed by atoms with Crippen molar-refractivity contribution in [1.82, 2.24) is 9.97 Å². The lowest BCUT2D eigenvalue weighted by Gasteiger charge is -1.97. The highest BCUT2D eigenvalue weighted by Crippen LogP contribution is 2.53. The van der Waals surface area contributed by atoms with Crippen LogP contribution in [0.1, 0.15) is 11.1 Å². The van der Waals surface area contributed by atoms with E-state index < -0.39 is 0 Å². The van der Waals surface area contributed by atoms with Crippen LogP contribution in [-0.2, 0) is 0 Å². The predicted octanol–water partition coefficient (Wildman–Crippen LogP) is 2.79. The number of hydrogen-bond acceptors (Lipinski definition) is 6. The van der Waals surface area contributed by atoms with Crippen molar-refractivity contribution in [2.75, 3.05) is 0 Å². The van der Waals surface area contributed by atoms with Gasteiger partial charge in [-0.25, -0.2) is 0 Å². The molecule has 0 unspecified atom stereocenters. The molecule has 0 N–H and O–H groups in total. The van der Waals surface area contributed by atoms with Gasteiger partial charge in [0.2, 0.25) is 0 Å². The Morgan fingerprint density at radius 3 is 1.38 bits per heavy atom. The molecule has 2 heterocycles. The van der Waals surface area contributed by atoms with Gasteiger partial charge in [-0.05, 0) is 40.6 Å². The number of allylic oxidation sites excluding steroid dienone is 4. The zero-order valence-electron chi connectivity index (χ0n) is 16.6. The number of nitrogens with zero attached hydrogens (tertiary/aromatic N) is 6. The SMILES string of the molecule is N#CC(C#N)=c1ccc(=C2C(=C(\C#N)c3ccncc3)/C2=C(\C#N)c2ccncc2)cc1. The van der Waals surface area contributed by atoms with Crippen LogP contribution in [0.4, 0.5) is 0 Å². The second-order valence-electron chi connectivity index (χ2n) is 6.75. The quantitative estimate of drug-likeness (QED) is 0.601. The van der Waals surface area contributed by atoms with E-state index >= 15 is 0 Å². The molecule has 1 saturated carbocycles. The lowest BCUT2D eigenvalue weighted by molar-refractivity contribution is 1.32. The van der Waals surface area contributed by atoms with Crippen LogP contribution in [0.2, 0.25) is 0 Å². The second kappa shape index (κ2) is 8.60. The van der Waals surface area contributed by atoms with Crippen LogP contribution in [-0.4, -0.2) is 9.97 Å². The molecule has 0 radical (unpaired) electrons. The van der Waals surface area contributed by atoms with Gasteiger partial charge in [0, 0.05) is 46.7 Å². The van der Waals surface area contributed by atoms with Gasteiger partial charge in [0.15, 0.2) is 0 Å². The minimum atomic E-state index is 0.0212. The molecule has 6 nitrogen and oxygen atoms in total. The molecule has 0 amide bonds. The summed E-state index contributed by atoms with van der Waals surface area (Å²) in [5.41, 5.74) is 4.52. The van der Waals surface area contributed by atoms with E-state index in [-0.39, 0.29) is 5.57 Å². The van der Waals surface area contributed by atoms with Gasteiger partial charge in [-0.3, -0.25) is 9.97 Å². The van der Waals surface area contributed by atoms with Crippen molar-refractivity contribution < 1.29 is 0 Å². The molecule has 0 atom stereocenters. The van der Waals surface area contributed by atoms with Gasteiger partial charge < -0.3 is 0 Å². The minimum Gasteiger partial charge on any atom is -0.265 e. The van der Waals surface area contributed by atoms with E-state index in [1.807, 2.05) is 12.1 Å². The monoisotopic (exact) mass is 408 g/mol. The van der Waals surface area contributed by atoms with Gasteiger partial charge in [0.05, 0.1) is 11.1 Å². The molecular weight excluding hydrogens is 396 g/mol. The molecular formula is C26H12N6. The van der Waals surface area contributed by atoms with E-state index in [9.17, 15) is 10.5 Å². The van der Waals surface area contributed by atoms with Crippen molar-refractivity contribution in [3.8, 4) is 24.3 Å². The summed E-state index contributed by atoms with van der Waals surface area (Å²) in [7, 11) is 0. The fourth-order valence-corrected chi connectivity index (χ4v) is 3.50. The maximum atomic E-state index is 9.95. The average Bonchev–Trinajstić information content (AvgIpc) is 3.57. The van der Waals surface area contributed by atoms with E-state index in [0.29, 0.717) is 38.6 Å². The zero-order chi connectivity index (χ0) is 22.5. The molecule has 4 rings (SSSR count). The van der Waals surface area contributed by atoms with Crippen molar-refractivity contribution in [3.05, 3.63) is 106 Å². The predicted molar refractivity (Wildman–Crippen MR) is 117 cm³/mol. The summed E-state index contributed by atoms with van der Waals surface area (Å²) < 4.78 is 0. The fraction of sp³-hybridized carbons (Fsp3) is 0. The zero-order valence-corrected chi connectivity index (χ0v) is 16.6. The minimum absolute atomic E-state index is 0.0212. The van der Waals surface area contributed by atoms with Crippen molar-refractivity contribution in [1.29, 1.82) is 21.0 Å². The van der Waals surface area contributed by atoms with Gasteiger partial charge in [-0.2, -0.15) is 21.0 Å². The first-order valence-corrected chi connectivity index (χ1v) is 9.49. The molecule has 3 aromatic rings. The summed E-state index contributed by atoms with van der Waals surface area (Å²) in [6.07, 6.45) is 6.46. The number of rotatable bonds is 2. The summed E-state index contributed by atoms with van der Waals surface area (Å²) in [6, 6.07) is 22.3. The van der Waals surface area contributed by atoms with E-state index in [0.717, 1.165) is 10.8 Å². The van der Waals surface area contributed by atoms with Crippen LogP contribution in [0.25, 0.3) is 22.3 Å². The van der Waals surface area contributed by atoms with E-state index in [1.54, 1.807) is 73.3 Å². The van der Waals surface area contributed by atoms with Crippen LogP contribution in [0.3, 0.4) is 0 Å². The lowest BCUT2D eigenvalue weighted by Crippen LogP contribution is -2.09. The van der Waals surface area contributed by atoms with E-state index in [2.05, 4.69) is 22.1 Å². The standard InChI is InChI=1S/C26H12N6/c27-13-21(14-28)17-1-3-20(4-2-17)24-25(22(15-29)18-5-9-31-10-6-18)26(24)23(16-30)19-7-11-32-12-8-19/h1-12H/b25-22-,26-23+. The van der Waals surface area contributed by atoms with Gasteiger partial charge in [-0.15, -0.1) is 0 Å².